The van der Waals surface area contributed by atoms with E-state index in [2.05, 4.69) is 22.2 Å². The van der Waals surface area contributed by atoms with E-state index in [1.54, 1.807) is 6.20 Å². The largest absolute Gasteiger partial charge is 0.397 e. The van der Waals surface area contributed by atoms with Gasteiger partial charge in [-0.25, -0.2) is 18.2 Å². The van der Waals surface area contributed by atoms with E-state index in [0.29, 0.717) is 24.4 Å². The van der Waals surface area contributed by atoms with Gasteiger partial charge in [0.05, 0.1) is 28.7 Å². The van der Waals surface area contributed by atoms with Crippen molar-refractivity contribution in [2.75, 3.05) is 11.1 Å². The van der Waals surface area contributed by atoms with E-state index in [0.717, 1.165) is 49.4 Å². The molecule has 5 rings (SSSR count). The van der Waals surface area contributed by atoms with Crippen LogP contribution in [0, 0.1) is 23.4 Å². The SMILES string of the molecule is CC1CC(N)CC(c2ccncc2NC(=O)c2nc(-c3c(F)cc(C4(O)CCC4)cc3F)c(F)cc2N)C1. The lowest BCUT2D eigenvalue weighted by molar-refractivity contribution is -0.0392. The van der Waals surface area contributed by atoms with E-state index in [1.807, 2.05) is 6.07 Å². The minimum Gasteiger partial charge on any atom is -0.397 e. The molecule has 1 aromatic carbocycles. The maximum atomic E-state index is 15.1. The zero-order valence-electron chi connectivity index (χ0n) is 21.0. The molecule has 2 aliphatic rings. The van der Waals surface area contributed by atoms with E-state index < -0.39 is 40.2 Å². The van der Waals surface area contributed by atoms with Crippen LogP contribution in [0.25, 0.3) is 11.3 Å². The van der Waals surface area contributed by atoms with Crippen LogP contribution >= 0.6 is 0 Å². The molecular formula is C28H30F3N5O2. The third-order valence-electron chi connectivity index (χ3n) is 7.74. The van der Waals surface area contributed by atoms with Gasteiger partial charge in [-0.1, -0.05) is 6.92 Å². The van der Waals surface area contributed by atoms with Crippen LogP contribution in [-0.4, -0.2) is 27.0 Å². The number of aromatic nitrogens is 2. The summed E-state index contributed by atoms with van der Waals surface area (Å²) in [7, 11) is 0. The first-order valence-electron chi connectivity index (χ1n) is 12.7. The summed E-state index contributed by atoms with van der Waals surface area (Å²) in [4.78, 5) is 21.3. The summed E-state index contributed by atoms with van der Waals surface area (Å²) in [6.45, 7) is 2.13. The second-order valence-electron chi connectivity index (χ2n) is 10.6. The molecule has 0 saturated heterocycles. The van der Waals surface area contributed by atoms with Crippen molar-refractivity contribution in [1.29, 1.82) is 0 Å². The number of anilines is 2. The molecule has 2 fully saturated rings. The minimum absolute atomic E-state index is 0.0404. The third kappa shape index (κ3) is 4.86. The molecule has 3 aromatic rings. The summed E-state index contributed by atoms with van der Waals surface area (Å²) >= 11 is 0. The number of benzene rings is 1. The number of nitrogens with one attached hydrogen (secondary N) is 1. The van der Waals surface area contributed by atoms with Gasteiger partial charge in [-0.15, -0.1) is 0 Å². The second kappa shape index (κ2) is 9.99. The van der Waals surface area contributed by atoms with Crippen LogP contribution in [0.15, 0.2) is 36.7 Å². The van der Waals surface area contributed by atoms with Crippen molar-refractivity contribution >= 4 is 17.3 Å². The molecule has 0 radical (unpaired) electrons. The Balaban J connectivity index is 1.47. The van der Waals surface area contributed by atoms with E-state index in [4.69, 9.17) is 11.5 Å². The highest BCUT2D eigenvalue weighted by atomic mass is 19.1. The number of hydrogen-bond acceptors (Lipinski definition) is 6. The first-order chi connectivity index (χ1) is 18.1. The lowest BCUT2D eigenvalue weighted by Crippen LogP contribution is -2.33. The number of aliphatic hydroxyl groups is 1. The molecule has 2 heterocycles. The Hall–Kier alpha value is -3.50. The molecule has 3 unspecified atom stereocenters. The van der Waals surface area contributed by atoms with Gasteiger partial charge in [0.15, 0.2) is 11.5 Å². The summed E-state index contributed by atoms with van der Waals surface area (Å²) in [5.74, 6) is -3.53. The average molecular weight is 526 g/mol. The van der Waals surface area contributed by atoms with Crippen molar-refractivity contribution in [2.24, 2.45) is 11.7 Å². The molecule has 0 aliphatic heterocycles. The number of amides is 1. The van der Waals surface area contributed by atoms with Crippen molar-refractivity contribution < 1.29 is 23.1 Å². The number of rotatable bonds is 5. The number of halogens is 3. The van der Waals surface area contributed by atoms with Crippen molar-refractivity contribution in [3.63, 3.8) is 0 Å². The number of nitrogen functional groups attached to an aromatic ring is 1. The summed E-state index contributed by atoms with van der Waals surface area (Å²) in [5.41, 5.74) is 10.1. The highest BCUT2D eigenvalue weighted by molar-refractivity contribution is 6.07. The predicted octanol–water partition coefficient (Wildman–Crippen LogP) is 5.00. The highest BCUT2D eigenvalue weighted by Gasteiger charge is 2.38. The zero-order valence-corrected chi connectivity index (χ0v) is 21.0. The summed E-state index contributed by atoms with van der Waals surface area (Å²) in [6.07, 6.45) is 7.20. The molecular weight excluding hydrogens is 495 g/mol. The molecule has 6 N–H and O–H groups in total. The predicted molar refractivity (Wildman–Crippen MR) is 138 cm³/mol. The smallest absolute Gasteiger partial charge is 0.276 e. The standard InChI is InChI=1S/C28H30F3N5O2/c1-14-7-15(9-17(32)8-14)18-3-6-34-13-23(18)35-27(37)26-22(33)12-21(31)25(36-26)24-19(29)10-16(11-20(24)30)28(38)4-2-5-28/h3,6,10-15,17,38H,2,4-5,7-9,32-33H2,1H3,(H,35,37). The maximum Gasteiger partial charge on any atom is 0.276 e. The molecule has 2 aliphatic carbocycles. The normalized spacial score (nSPS) is 22.5. The number of pyridine rings is 2. The third-order valence-corrected chi connectivity index (χ3v) is 7.74. The van der Waals surface area contributed by atoms with Crippen molar-refractivity contribution in [2.45, 2.75) is 63.0 Å². The van der Waals surface area contributed by atoms with Gasteiger partial charge >= 0.3 is 0 Å². The molecule has 2 saturated carbocycles. The Labute approximate surface area is 218 Å². The van der Waals surface area contributed by atoms with Crippen LogP contribution in [-0.2, 0) is 5.60 Å². The number of nitrogens with zero attached hydrogens (tertiary/aromatic N) is 2. The van der Waals surface area contributed by atoms with Crippen LogP contribution < -0.4 is 16.8 Å². The molecule has 38 heavy (non-hydrogen) atoms. The highest BCUT2D eigenvalue weighted by Crippen LogP contribution is 2.43. The Morgan fingerprint density at radius 1 is 1.11 bits per heavy atom. The van der Waals surface area contributed by atoms with Crippen LogP contribution in [0.3, 0.4) is 0 Å². The Morgan fingerprint density at radius 3 is 2.45 bits per heavy atom. The number of hydrogen-bond donors (Lipinski definition) is 4. The topological polar surface area (TPSA) is 127 Å². The first kappa shape index (κ1) is 26.1. The van der Waals surface area contributed by atoms with Gasteiger partial charge in [0.25, 0.3) is 5.91 Å². The zero-order chi connectivity index (χ0) is 27.2. The monoisotopic (exact) mass is 525 g/mol. The quantitative estimate of drug-likeness (QED) is 0.371. The molecule has 0 bridgehead atoms. The molecule has 7 nitrogen and oxygen atoms in total. The summed E-state index contributed by atoms with van der Waals surface area (Å²) < 4.78 is 45.0. The number of nitrogens with two attached hydrogens (primary N) is 2. The van der Waals surface area contributed by atoms with Gasteiger partial charge < -0.3 is 21.9 Å². The first-order valence-corrected chi connectivity index (χ1v) is 12.7. The Kier molecular flexibility index (Phi) is 6.87. The van der Waals surface area contributed by atoms with Gasteiger partial charge in [-0.3, -0.25) is 9.78 Å². The minimum atomic E-state index is -1.31. The van der Waals surface area contributed by atoms with Crippen LogP contribution in [0.4, 0.5) is 24.5 Å². The molecule has 0 spiro atoms. The van der Waals surface area contributed by atoms with E-state index in [1.165, 1.54) is 6.20 Å². The molecule has 2 aromatic heterocycles. The molecule has 1 amide bonds. The average Bonchev–Trinajstić information content (AvgIpc) is 2.83. The van der Waals surface area contributed by atoms with Crippen molar-refractivity contribution in [3.05, 3.63) is 70.9 Å². The molecule has 10 heteroatoms. The number of carbonyl (C=O) groups excluding carboxylic acids is 1. The maximum absolute atomic E-state index is 15.1. The van der Waals surface area contributed by atoms with E-state index in [9.17, 15) is 14.3 Å². The fraction of sp³-hybridized carbons (Fsp3) is 0.393. The van der Waals surface area contributed by atoms with Crippen molar-refractivity contribution in [1.82, 2.24) is 9.97 Å². The van der Waals surface area contributed by atoms with Crippen LogP contribution in [0.5, 0.6) is 0 Å². The summed E-state index contributed by atoms with van der Waals surface area (Å²) in [5, 5.41) is 13.2. The van der Waals surface area contributed by atoms with Gasteiger partial charge in [0.2, 0.25) is 0 Å². The lowest BCUT2D eigenvalue weighted by Gasteiger charge is -2.37. The lowest BCUT2D eigenvalue weighted by atomic mass is 9.75. The molecule has 3 atom stereocenters. The second-order valence-corrected chi connectivity index (χ2v) is 10.6. The van der Waals surface area contributed by atoms with Crippen LogP contribution in [0.2, 0.25) is 0 Å². The van der Waals surface area contributed by atoms with Crippen LogP contribution in [0.1, 0.15) is 73.0 Å². The van der Waals surface area contributed by atoms with Crippen molar-refractivity contribution in [3.8, 4) is 11.3 Å². The van der Waals surface area contributed by atoms with E-state index >= 15 is 8.78 Å². The van der Waals surface area contributed by atoms with E-state index in [-0.39, 0.29) is 28.9 Å². The van der Waals surface area contributed by atoms with Gasteiger partial charge in [-0.05, 0) is 79.7 Å². The Morgan fingerprint density at radius 2 is 1.82 bits per heavy atom. The van der Waals surface area contributed by atoms with Gasteiger partial charge in [0.1, 0.15) is 17.3 Å². The van der Waals surface area contributed by atoms with Gasteiger partial charge in [0, 0.05) is 18.3 Å². The number of carbonyl (C=O) groups is 1. The molecule has 200 valence electrons. The summed E-state index contributed by atoms with van der Waals surface area (Å²) in [6, 6.07) is 4.63. The van der Waals surface area contributed by atoms with Gasteiger partial charge in [-0.2, -0.15) is 0 Å². The fourth-order valence-electron chi connectivity index (χ4n) is 5.69. The Bertz CT molecular complexity index is 1360. The fourth-order valence-corrected chi connectivity index (χ4v) is 5.69.